The van der Waals surface area contributed by atoms with Gasteiger partial charge < -0.3 is 9.80 Å². The molecule has 0 aliphatic carbocycles. The number of benzene rings is 1. The van der Waals surface area contributed by atoms with Gasteiger partial charge in [-0.05, 0) is 42.0 Å². The van der Waals surface area contributed by atoms with Gasteiger partial charge in [-0.1, -0.05) is 26.0 Å². The highest BCUT2D eigenvalue weighted by Crippen LogP contribution is 2.28. The summed E-state index contributed by atoms with van der Waals surface area (Å²) in [7, 11) is 0. The van der Waals surface area contributed by atoms with Gasteiger partial charge in [0, 0.05) is 45.0 Å². The number of halogens is 1. The van der Waals surface area contributed by atoms with Crippen molar-refractivity contribution in [2.24, 2.45) is 5.92 Å². The molecule has 2 heterocycles. The molecule has 1 aromatic carbocycles. The number of carbonyl (C=O) groups excluding carboxylic acids is 1. The van der Waals surface area contributed by atoms with Crippen LogP contribution in [0.1, 0.15) is 38.2 Å². The number of nitrogens with zero attached hydrogens (tertiary/aromatic N) is 4. The van der Waals surface area contributed by atoms with Crippen LogP contribution in [0.15, 0.2) is 42.7 Å². The second-order valence-corrected chi connectivity index (χ2v) is 7.50. The summed E-state index contributed by atoms with van der Waals surface area (Å²) in [5.74, 6) is 1.23. The van der Waals surface area contributed by atoms with Crippen LogP contribution in [0.3, 0.4) is 0 Å². The van der Waals surface area contributed by atoms with E-state index < -0.39 is 0 Å². The van der Waals surface area contributed by atoms with E-state index in [0.717, 1.165) is 25.1 Å². The van der Waals surface area contributed by atoms with E-state index in [9.17, 15) is 9.18 Å². The molecule has 0 spiro atoms. The molecule has 1 aliphatic rings. The Kier molecular flexibility index (Phi) is 6.37. The molecule has 3 rings (SSSR count). The van der Waals surface area contributed by atoms with Gasteiger partial charge in [0.25, 0.3) is 0 Å². The summed E-state index contributed by atoms with van der Waals surface area (Å²) < 4.78 is 13.3. The van der Waals surface area contributed by atoms with Crippen LogP contribution in [0.25, 0.3) is 0 Å². The lowest BCUT2D eigenvalue weighted by Crippen LogP contribution is -2.49. The highest BCUT2D eigenvalue weighted by molar-refractivity contribution is 5.77. The molecule has 5 nitrogen and oxygen atoms in total. The van der Waals surface area contributed by atoms with Crippen LogP contribution in [-0.2, 0) is 4.79 Å². The van der Waals surface area contributed by atoms with Crippen LogP contribution in [0.4, 0.5) is 10.3 Å². The van der Waals surface area contributed by atoms with Gasteiger partial charge in [0.2, 0.25) is 11.9 Å². The topological polar surface area (TPSA) is 49.3 Å². The molecule has 2 aromatic rings. The predicted molar refractivity (Wildman–Crippen MR) is 104 cm³/mol. The highest BCUT2D eigenvalue weighted by Gasteiger charge is 2.25. The van der Waals surface area contributed by atoms with Gasteiger partial charge in [0.15, 0.2) is 0 Å². The van der Waals surface area contributed by atoms with Crippen LogP contribution < -0.4 is 4.90 Å². The number of carbonyl (C=O) groups is 1. The van der Waals surface area contributed by atoms with E-state index in [1.54, 1.807) is 30.6 Å². The van der Waals surface area contributed by atoms with E-state index in [0.29, 0.717) is 31.4 Å². The zero-order chi connectivity index (χ0) is 19.2. The molecule has 1 atom stereocenters. The lowest BCUT2D eigenvalue weighted by Gasteiger charge is -2.35. The molecule has 0 bridgehead atoms. The monoisotopic (exact) mass is 370 g/mol. The van der Waals surface area contributed by atoms with Crippen LogP contribution in [0.5, 0.6) is 0 Å². The molecule has 27 heavy (non-hydrogen) atoms. The Morgan fingerprint density at radius 2 is 1.70 bits per heavy atom. The third kappa shape index (κ3) is 5.25. The normalized spacial score (nSPS) is 15.9. The number of hydrogen-bond donors (Lipinski definition) is 0. The maximum absolute atomic E-state index is 13.3. The minimum absolute atomic E-state index is 0.119. The molecule has 1 saturated heterocycles. The third-order valence-electron chi connectivity index (χ3n) is 4.99. The largest absolute Gasteiger partial charge is 0.339 e. The average Bonchev–Trinajstić information content (AvgIpc) is 2.68. The average molecular weight is 370 g/mol. The summed E-state index contributed by atoms with van der Waals surface area (Å²) in [4.78, 5) is 25.5. The Morgan fingerprint density at radius 1 is 1.07 bits per heavy atom. The molecule has 0 radical (unpaired) electrons. The molecule has 144 valence electrons. The fraction of sp³-hybridized carbons (Fsp3) is 0.476. The van der Waals surface area contributed by atoms with Crippen LogP contribution >= 0.6 is 0 Å². The Bertz CT molecular complexity index is 728. The first-order valence-electron chi connectivity index (χ1n) is 9.58. The summed E-state index contributed by atoms with van der Waals surface area (Å²) >= 11 is 0. The number of rotatable bonds is 6. The van der Waals surface area contributed by atoms with Crippen molar-refractivity contribution < 1.29 is 9.18 Å². The van der Waals surface area contributed by atoms with Crippen molar-refractivity contribution in [3.05, 3.63) is 54.1 Å². The smallest absolute Gasteiger partial charge is 0.225 e. The van der Waals surface area contributed by atoms with Crippen molar-refractivity contribution in [1.29, 1.82) is 0 Å². The molecule has 0 N–H and O–H groups in total. The minimum Gasteiger partial charge on any atom is -0.339 e. The molecule has 1 amide bonds. The first-order valence-corrected chi connectivity index (χ1v) is 9.58. The van der Waals surface area contributed by atoms with Crippen molar-refractivity contribution >= 4 is 11.9 Å². The van der Waals surface area contributed by atoms with Crippen molar-refractivity contribution in [2.45, 2.75) is 32.6 Å². The zero-order valence-corrected chi connectivity index (χ0v) is 16.0. The molecule has 1 unspecified atom stereocenters. The quantitative estimate of drug-likeness (QED) is 0.781. The van der Waals surface area contributed by atoms with Crippen LogP contribution in [0.2, 0.25) is 0 Å². The molecular formula is C21H27FN4O. The Labute approximate surface area is 160 Å². The lowest BCUT2D eigenvalue weighted by molar-refractivity contribution is -0.132. The standard InChI is InChI=1S/C21H27FN4O/c1-16(2)14-18(17-4-6-19(22)7-5-17)15-20(27)25-10-12-26(13-11-25)21-23-8-3-9-24-21/h3-9,16,18H,10-15H2,1-2H3. The zero-order valence-electron chi connectivity index (χ0n) is 16.0. The van der Waals surface area contributed by atoms with E-state index >= 15 is 0 Å². The molecular weight excluding hydrogens is 343 g/mol. The van der Waals surface area contributed by atoms with E-state index in [2.05, 4.69) is 28.7 Å². The fourth-order valence-corrected chi connectivity index (χ4v) is 3.59. The van der Waals surface area contributed by atoms with Gasteiger partial charge in [0.05, 0.1) is 0 Å². The molecule has 1 aromatic heterocycles. The van der Waals surface area contributed by atoms with Crippen molar-refractivity contribution in [3.8, 4) is 0 Å². The fourth-order valence-electron chi connectivity index (χ4n) is 3.59. The Morgan fingerprint density at radius 3 is 2.30 bits per heavy atom. The van der Waals surface area contributed by atoms with Gasteiger partial charge in [0.1, 0.15) is 5.82 Å². The van der Waals surface area contributed by atoms with E-state index in [-0.39, 0.29) is 17.6 Å². The Hall–Kier alpha value is -2.50. The second-order valence-electron chi connectivity index (χ2n) is 7.50. The summed E-state index contributed by atoms with van der Waals surface area (Å²) in [6, 6.07) is 8.37. The minimum atomic E-state index is -0.243. The molecule has 1 fully saturated rings. The van der Waals surface area contributed by atoms with Crippen LogP contribution in [0, 0.1) is 11.7 Å². The van der Waals surface area contributed by atoms with Crippen LogP contribution in [-0.4, -0.2) is 47.0 Å². The van der Waals surface area contributed by atoms with E-state index in [4.69, 9.17) is 0 Å². The molecule has 6 heteroatoms. The number of aromatic nitrogens is 2. The lowest BCUT2D eigenvalue weighted by atomic mass is 9.87. The first-order chi connectivity index (χ1) is 13.0. The third-order valence-corrected chi connectivity index (χ3v) is 4.99. The van der Waals surface area contributed by atoms with Crippen molar-refractivity contribution in [2.75, 3.05) is 31.1 Å². The Balaban J connectivity index is 1.60. The van der Waals surface area contributed by atoms with Gasteiger partial charge in [-0.3, -0.25) is 4.79 Å². The first kappa shape index (κ1) is 19.3. The summed E-state index contributed by atoms with van der Waals surface area (Å²) in [5.41, 5.74) is 1.04. The van der Waals surface area contributed by atoms with E-state index in [1.165, 1.54) is 12.1 Å². The number of piperazine rings is 1. The van der Waals surface area contributed by atoms with Crippen molar-refractivity contribution in [1.82, 2.24) is 14.9 Å². The molecule has 0 saturated carbocycles. The number of anilines is 1. The number of amides is 1. The van der Waals surface area contributed by atoms with Gasteiger partial charge in [-0.25, -0.2) is 14.4 Å². The van der Waals surface area contributed by atoms with Crippen molar-refractivity contribution in [3.63, 3.8) is 0 Å². The SMILES string of the molecule is CC(C)CC(CC(=O)N1CCN(c2ncccn2)CC1)c1ccc(F)cc1. The summed E-state index contributed by atoms with van der Waals surface area (Å²) in [6.45, 7) is 7.13. The van der Waals surface area contributed by atoms with Gasteiger partial charge in [-0.15, -0.1) is 0 Å². The number of hydrogen-bond acceptors (Lipinski definition) is 4. The highest BCUT2D eigenvalue weighted by atomic mass is 19.1. The molecule has 1 aliphatic heterocycles. The maximum Gasteiger partial charge on any atom is 0.225 e. The maximum atomic E-state index is 13.3. The summed E-state index contributed by atoms with van der Waals surface area (Å²) in [6.07, 6.45) is 4.85. The van der Waals surface area contributed by atoms with E-state index in [1.807, 2.05) is 4.90 Å². The van der Waals surface area contributed by atoms with Gasteiger partial charge >= 0.3 is 0 Å². The van der Waals surface area contributed by atoms with Gasteiger partial charge in [-0.2, -0.15) is 0 Å². The predicted octanol–water partition coefficient (Wildman–Crippen LogP) is 3.48. The summed E-state index contributed by atoms with van der Waals surface area (Å²) in [5, 5.41) is 0. The second kappa shape index (κ2) is 8.93.